The summed E-state index contributed by atoms with van der Waals surface area (Å²) < 4.78 is 2.08. The maximum atomic E-state index is 12.8. The van der Waals surface area contributed by atoms with Gasteiger partial charge in [0, 0.05) is 23.5 Å². The Morgan fingerprint density at radius 1 is 1.17 bits per heavy atom. The van der Waals surface area contributed by atoms with E-state index in [1.807, 2.05) is 41.3 Å². The molecule has 4 rings (SSSR count). The van der Waals surface area contributed by atoms with Crippen molar-refractivity contribution in [3.63, 3.8) is 0 Å². The van der Waals surface area contributed by atoms with Crippen molar-refractivity contribution in [3.05, 3.63) is 63.6 Å². The van der Waals surface area contributed by atoms with Crippen LogP contribution in [-0.4, -0.2) is 28.9 Å². The van der Waals surface area contributed by atoms with Gasteiger partial charge in [-0.25, -0.2) is 4.98 Å². The summed E-state index contributed by atoms with van der Waals surface area (Å²) in [7, 11) is 0. The highest BCUT2D eigenvalue weighted by atomic mass is 79.9. The normalized spacial score (nSPS) is 18.0. The van der Waals surface area contributed by atoms with Crippen LogP contribution in [0.2, 0.25) is 0 Å². The Bertz CT molecular complexity index is 859. The molecule has 122 valence electrons. The Morgan fingerprint density at radius 3 is 2.79 bits per heavy atom. The molecule has 2 aromatic carbocycles. The summed E-state index contributed by atoms with van der Waals surface area (Å²) in [6, 6.07) is 15.9. The molecule has 0 radical (unpaired) electrons. The third-order valence-electron chi connectivity index (χ3n) is 4.47. The van der Waals surface area contributed by atoms with Crippen molar-refractivity contribution in [1.82, 2.24) is 9.88 Å². The van der Waals surface area contributed by atoms with Crippen LogP contribution in [0, 0.1) is 0 Å². The lowest BCUT2D eigenvalue weighted by molar-refractivity contribution is 0.0706. The van der Waals surface area contributed by atoms with Gasteiger partial charge in [0.2, 0.25) is 0 Å². The van der Waals surface area contributed by atoms with Crippen LogP contribution >= 0.6 is 27.3 Å². The maximum absolute atomic E-state index is 12.8. The zero-order chi connectivity index (χ0) is 16.5. The van der Waals surface area contributed by atoms with Crippen LogP contribution in [-0.2, 0) is 0 Å². The summed E-state index contributed by atoms with van der Waals surface area (Å²) in [6.45, 7) is 1.57. The van der Waals surface area contributed by atoms with Crippen LogP contribution < -0.4 is 0 Å². The highest BCUT2D eigenvalue weighted by Crippen LogP contribution is 2.33. The van der Waals surface area contributed by atoms with Crippen LogP contribution in [0.1, 0.15) is 34.1 Å². The van der Waals surface area contributed by atoms with Crippen LogP contribution in [0.25, 0.3) is 10.2 Å². The summed E-state index contributed by atoms with van der Waals surface area (Å²) >= 11 is 5.25. The molecule has 24 heavy (non-hydrogen) atoms. The first-order valence-electron chi connectivity index (χ1n) is 8.11. The molecule has 0 aliphatic carbocycles. The molecule has 5 heteroatoms. The number of thiazole rings is 1. The number of amides is 1. The molecule has 0 unspecified atom stereocenters. The predicted molar refractivity (Wildman–Crippen MR) is 102 cm³/mol. The van der Waals surface area contributed by atoms with E-state index in [4.69, 9.17) is 4.98 Å². The van der Waals surface area contributed by atoms with Crippen LogP contribution in [0.5, 0.6) is 0 Å². The first-order valence-corrected chi connectivity index (χ1v) is 9.72. The Balaban J connectivity index is 1.57. The summed E-state index contributed by atoms with van der Waals surface area (Å²) in [5, 5.41) is 1.15. The van der Waals surface area contributed by atoms with Gasteiger partial charge in [-0.05, 0) is 53.0 Å². The van der Waals surface area contributed by atoms with Gasteiger partial charge >= 0.3 is 0 Å². The van der Waals surface area contributed by atoms with Crippen molar-refractivity contribution in [3.8, 4) is 0 Å². The number of halogens is 1. The van der Waals surface area contributed by atoms with Gasteiger partial charge in [-0.1, -0.05) is 24.3 Å². The smallest absolute Gasteiger partial charge is 0.255 e. The molecule has 3 aromatic rings. The average Bonchev–Trinajstić information content (AvgIpc) is 3.06. The minimum atomic E-state index is 0.105. The van der Waals surface area contributed by atoms with Crippen LogP contribution in [0.15, 0.2) is 53.0 Å². The lowest BCUT2D eigenvalue weighted by Crippen LogP contribution is -2.39. The summed E-state index contributed by atoms with van der Waals surface area (Å²) in [5.41, 5.74) is 1.80. The fraction of sp³-hybridized carbons (Fsp3) is 0.263. The van der Waals surface area contributed by atoms with Gasteiger partial charge in [-0.2, -0.15) is 0 Å². The SMILES string of the molecule is O=C(c1ccccc1Br)N1CCC[C@@H](c2nc3ccccc3s2)C1. The minimum absolute atomic E-state index is 0.105. The molecule has 1 aromatic heterocycles. The number of rotatable bonds is 2. The van der Waals surface area contributed by atoms with Crippen molar-refractivity contribution in [1.29, 1.82) is 0 Å². The molecule has 1 saturated heterocycles. The molecule has 0 spiro atoms. The van der Waals surface area contributed by atoms with Gasteiger partial charge in [0.25, 0.3) is 5.91 Å². The molecule has 1 amide bonds. The Hall–Kier alpha value is -1.72. The van der Waals surface area contributed by atoms with E-state index in [9.17, 15) is 4.79 Å². The van der Waals surface area contributed by atoms with Crippen molar-refractivity contribution in [2.45, 2.75) is 18.8 Å². The molecule has 1 aliphatic heterocycles. The molecule has 0 N–H and O–H groups in total. The lowest BCUT2D eigenvalue weighted by atomic mass is 9.98. The number of aromatic nitrogens is 1. The van der Waals surface area contributed by atoms with E-state index in [1.54, 1.807) is 11.3 Å². The number of hydrogen-bond donors (Lipinski definition) is 0. The number of carbonyl (C=O) groups is 1. The molecule has 3 nitrogen and oxygen atoms in total. The number of para-hydroxylation sites is 1. The topological polar surface area (TPSA) is 33.2 Å². The number of nitrogens with zero attached hydrogens (tertiary/aromatic N) is 2. The van der Waals surface area contributed by atoms with Gasteiger partial charge < -0.3 is 4.90 Å². The van der Waals surface area contributed by atoms with E-state index < -0.39 is 0 Å². The van der Waals surface area contributed by atoms with Gasteiger partial charge in [0.15, 0.2) is 0 Å². The first kappa shape index (κ1) is 15.8. The summed E-state index contributed by atoms with van der Waals surface area (Å²) in [6.07, 6.45) is 2.12. The summed E-state index contributed by atoms with van der Waals surface area (Å²) in [4.78, 5) is 19.6. The van der Waals surface area contributed by atoms with E-state index >= 15 is 0 Å². The number of carbonyl (C=O) groups excluding carboxylic acids is 1. The van der Waals surface area contributed by atoms with Gasteiger partial charge in [0.05, 0.1) is 20.8 Å². The van der Waals surface area contributed by atoms with E-state index in [2.05, 4.69) is 28.1 Å². The quantitative estimate of drug-likeness (QED) is 0.600. The highest BCUT2D eigenvalue weighted by Gasteiger charge is 2.28. The Morgan fingerprint density at radius 2 is 1.96 bits per heavy atom. The number of benzene rings is 2. The monoisotopic (exact) mass is 400 g/mol. The minimum Gasteiger partial charge on any atom is -0.338 e. The standard InChI is InChI=1S/C19H17BrN2OS/c20-15-8-2-1-7-14(15)19(23)22-11-5-6-13(12-22)18-21-16-9-3-4-10-17(16)24-18/h1-4,7-10,13H,5-6,11-12H2/t13-/m1/s1. The summed E-state index contributed by atoms with van der Waals surface area (Å²) in [5.74, 6) is 0.441. The van der Waals surface area contributed by atoms with Crippen molar-refractivity contribution < 1.29 is 4.79 Å². The third-order valence-corrected chi connectivity index (χ3v) is 6.36. The molecule has 0 saturated carbocycles. The van der Waals surface area contributed by atoms with E-state index in [-0.39, 0.29) is 5.91 Å². The van der Waals surface area contributed by atoms with Crippen molar-refractivity contribution >= 4 is 43.4 Å². The average molecular weight is 401 g/mol. The number of piperidine rings is 1. The second kappa shape index (κ2) is 6.65. The van der Waals surface area contributed by atoms with Gasteiger partial charge in [0.1, 0.15) is 0 Å². The Labute approximate surface area is 153 Å². The largest absolute Gasteiger partial charge is 0.338 e. The van der Waals surface area contributed by atoms with Gasteiger partial charge in [-0.15, -0.1) is 11.3 Å². The second-order valence-corrected chi connectivity index (χ2v) is 8.01. The second-order valence-electron chi connectivity index (χ2n) is 6.09. The molecule has 0 bridgehead atoms. The number of hydrogen-bond acceptors (Lipinski definition) is 3. The predicted octanol–water partition coefficient (Wildman–Crippen LogP) is 5.08. The number of fused-ring (bicyclic) bond motifs is 1. The third kappa shape index (κ3) is 2.98. The Kier molecular flexibility index (Phi) is 4.37. The van der Waals surface area contributed by atoms with E-state index in [1.165, 1.54) is 4.70 Å². The van der Waals surface area contributed by atoms with Crippen molar-refractivity contribution in [2.75, 3.05) is 13.1 Å². The molecular formula is C19H17BrN2OS. The molecule has 1 fully saturated rings. The number of likely N-dealkylation sites (tertiary alicyclic amines) is 1. The van der Waals surface area contributed by atoms with Crippen molar-refractivity contribution in [2.24, 2.45) is 0 Å². The highest BCUT2D eigenvalue weighted by molar-refractivity contribution is 9.10. The first-order chi connectivity index (χ1) is 11.7. The fourth-order valence-electron chi connectivity index (χ4n) is 3.23. The van der Waals surface area contributed by atoms with Crippen LogP contribution in [0.4, 0.5) is 0 Å². The van der Waals surface area contributed by atoms with E-state index in [0.29, 0.717) is 5.92 Å². The zero-order valence-corrected chi connectivity index (χ0v) is 15.5. The molecule has 2 heterocycles. The van der Waals surface area contributed by atoms with E-state index in [0.717, 1.165) is 46.5 Å². The molecular weight excluding hydrogens is 384 g/mol. The maximum Gasteiger partial charge on any atom is 0.255 e. The van der Waals surface area contributed by atoms with Crippen LogP contribution in [0.3, 0.4) is 0 Å². The zero-order valence-electron chi connectivity index (χ0n) is 13.1. The molecule has 1 atom stereocenters. The fourth-order valence-corrected chi connectivity index (χ4v) is 4.78. The molecule has 1 aliphatic rings. The lowest BCUT2D eigenvalue weighted by Gasteiger charge is -2.32. The van der Waals surface area contributed by atoms with Gasteiger partial charge in [-0.3, -0.25) is 4.79 Å².